The summed E-state index contributed by atoms with van der Waals surface area (Å²) in [6.45, 7) is 8.39. The summed E-state index contributed by atoms with van der Waals surface area (Å²) in [7, 11) is 1.78. The van der Waals surface area contributed by atoms with Crippen LogP contribution in [0.2, 0.25) is 0 Å². The molecule has 1 saturated carbocycles. The number of imidazole rings is 1. The van der Waals surface area contributed by atoms with Gasteiger partial charge in [0.15, 0.2) is 5.65 Å². The van der Waals surface area contributed by atoms with E-state index in [0.29, 0.717) is 50.0 Å². The van der Waals surface area contributed by atoms with Gasteiger partial charge in [-0.05, 0) is 60.6 Å². The fourth-order valence-electron chi connectivity index (χ4n) is 5.79. The van der Waals surface area contributed by atoms with E-state index in [9.17, 15) is 14.0 Å². The molecule has 0 spiro atoms. The van der Waals surface area contributed by atoms with Gasteiger partial charge in [-0.3, -0.25) is 13.9 Å². The van der Waals surface area contributed by atoms with Crippen LogP contribution in [-0.4, -0.2) is 44.2 Å². The Morgan fingerprint density at radius 2 is 2.00 bits per heavy atom. The average molecular weight is 441 g/mol. The van der Waals surface area contributed by atoms with Gasteiger partial charge >= 0.3 is 5.69 Å². The monoisotopic (exact) mass is 440 g/mol. The van der Waals surface area contributed by atoms with Crippen LogP contribution in [0.25, 0.3) is 16.7 Å². The van der Waals surface area contributed by atoms with E-state index in [1.807, 2.05) is 21.6 Å². The van der Waals surface area contributed by atoms with Gasteiger partial charge in [0.05, 0.1) is 17.1 Å². The molecule has 1 amide bonds. The van der Waals surface area contributed by atoms with Crippen molar-refractivity contribution in [3.63, 3.8) is 0 Å². The molecule has 3 aliphatic rings. The van der Waals surface area contributed by atoms with Crippen molar-refractivity contribution in [1.82, 2.24) is 19.0 Å². The number of pyridine rings is 1. The van der Waals surface area contributed by atoms with E-state index >= 15 is 0 Å². The highest BCUT2D eigenvalue weighted by atomic mass is 19.1. The third-order valence-electron chi connectivity index (χ3n) is 7.39. The van der Waals surface area contributed by atoms with Gasteiger partial charge in [0, 0.05) is 26.7 Å². The predicted molar refractivity (Wildman–Crippen MR) is 123 cm³/mol. The largest absolute Gasteiger partial charge is 0.341 e. The first-order valence-electron chi connectivity index (χ1n) is 11.8. The second-order valence-corrected chi connectivity index (χ2v) is 11.1. The number of alkyl halides is 1. The molecule has 172 valence electrons. The molecular formula is C25H33FN4O2. The van der Waals surface area contributed by atoms with Crippen LogP contribution < -0.4 is 5.69 Å². The second kappa shape index (κ2) is 7.56. The van der Waals surface area contributed by atoms with Crippen LogP contribution in [-0.2, 0) is 18.4 Å². The first kappa shape index (κ1) is 21.4. The number of aryl methyl sites for hydroxylation is 1. The number of halogens is 1. The van der Waals surface area contributed by atoms with Crippen LogP contribution >= 0.6 is 0 Å². The van der Waals surface area contributed by atoms with Crippen LogP contribution in [0.3, 0.4) is 0 Å². The lowest BCUT2D eigenvalue weighted by Gasteiger charge is -2.22. The van der Waals surface area contributed by atoms with Gasteiger partial charge in [0.1, 0.15) is 6.17 Å². The zero-order chi connectivity index (χ0) is 22.8. The maximum Gasteiger partial charge on any atom is 0.330 e. The normalized spacial score (nSPS) is 27.9. The number of nitrogens with zero attached hydrogens (tertiary/aromatic N) is 4. The van der Waals surface area contributed by atoms with E-state index in [4.69, 9.17) is 4.98 Å². The van der Waals surface area contributed by atoms with Crippen molar-refractivity contribution in [3.05, 3.63) is 34.4 Å². The molecule has 2 aromatic heterocycles. The van der Waals surface area contributed by atoms with Gasteiger partial charge in [0.2, 0.25) is 5.91 Å². The molecule has 0 aromatic carbocycles. The van der Waals surface area contributed by atoms with Gasteiger partial charge < -0.3 is 4.90 Å². The minimum Gasteiger partial charge on any atom is -0.341 e. The van der Waals surface area contributed by atoms with E-state index in [2.05, 4.69) is 26.8 Å². The number of allylic oxidation sites excluding steroid dienone is 1. The van der Waals surface area contributed by atoms with E-state index in [-0.39, 0.29) is 17.0 Å². The van der Waals surface area contributed by atoms with Crippen molar-refractivity contribution >= 4 is 22.6 Å². The molecule has 5 rings (SSSR count). The smallest absolute Gasteiger partial charge is 0.330 e. The summed E-state index contributed by atoms with van der Waals surface area (Å²) in [6, 6.07) is 4.03. The summed E-state index contributed by atoms with van der Waals surface area (Å²) in [6.07, 6.45) is 4.17. The van der Waals surface area contributed by atoms with Crippen LogP contribution in [0, 0.1) is 23.2 Å². The summed E-state index contributed by atoms with van der Waals surface area (Å²) < 4.78 is 17.5. The van der Waals surface area contributed by atoms with Crippen LogP contribution in [0.4, 0.5) is 4.39 Å². The van der Waals surface area contributed by atoms with Gasteiger partial charge in [-0.25, -0.2) is 14.2 Å². The Labute approximate surface area is 188 Å². The SMILES string of the molecule is Cn1c(=O)n(CC(C)(C)C)c2ccc(C3=CC4CN(C(=O)C5CCCC5F)CC4C3)nc21. The molecule has 2 aliphatic carbocycles. The Bertz CT molecular complexity index is 1160. The molecule has 2 aromatic rings. The number of aromatic nitrogens is 3. The lowest BCUT2D eigenvalue weighted by Crippen LogP contribution is -2.37. The molecule has 1 aliphatic heterocycles. The summed E-state index contributed by atoms with van der Waals surface area (Å²) in [4.78, 5) is 32.3. The van der Waals surface area contributed by atoms with Crippen molar-refractivity contribution in [2.75, 3.05) is 13.1 Å². The Balaban J connectivity index is 1.37. The first-order valence-corrected chi connectivity index (χ1v) is 11.8. The standard InChI is InChI=1S/C25H33FN4O2/c1-25(2,3)14-30-21-9-8-20(27-22(21)28(4)24(30)32)15-10-16-12-29(13-17(16)11-15)23(31)18-6-5-7-19(18)26/h8-10,16-19H,5-7,11-14H2,1-4H3. The number of hydrogen-bond acceptors (Lipinski definition) is 3. The Kier molecular flexibility index (Phi) is 5.06. The van der Waals surface area contributed by atoms with Gasteiger partial charge in [-0.1, -0.05) is 26.8 Å². The molecule has 2 fully saturated rings. The molecule has 4 atom stereocenters. The second-order valence-electron chi connectivity index (χ2n) is 11.1. The Morgan fingerprint density at radius 3 is 2.66 bits per heavy atom. The highest BCUT2D eigenvalue weighted by Gasteiger charge is 2.43. The number of carbonyl (C=O) groups is 1. The molecule has 0 bridgehead atoms. The van der Waals surface area contributed by atoms with Gasteiger partial charge in [-0.2, -0.15) is 0 Å². The number of likely N-dealkylation sites (tertiary alicyclic amines) is 1. The molecule has 0 N–H and O–H groups in total. The third kappa shape index (κ3) is 3.59. The molecule has 6 nitrogen and oxygen atoms in total. The zero-order valence-electron chi connectivity index (χ0n) is 19.5. The van der Waals surface area contributed by atoms with E-state index < -0.39 is 12.1 Å². The number of rotatable bonds is 3. The average Bonchev–Trinajstić information content (AvgIpc) is 3.47. The van der Waals surface area contributed by atoms with E-state index in [1.165, 1.54) is 5.57 Å². The summed E-state index contributed by atoms with van der Waals surface area (Å²) >= 11 is 0. The van der Waals surface area contributed by atoms with Gasteiger partial charge in [0.25, 0.3) is 0 Å². The van der Waals surface area contributed by atoms with Crippen molar-refractivity contribution in [1.29, 1.82) is 0 Å². The highest BCUT2D eigenvalue weighted by molar-refractivity contribution is 5.81. The lowest BCUT2D eigenvalue weighted by molar-refractivity contribution is -0.136. The van der Waals surface area contributed by atoms with Crippen molar-refractivity contribution in [3.8, 4) is 0 Å². The highest BCUT2D eigenvalue weighted by Crippen LogP contribution is 2.42. The van der Waals surface area contributed by atoms with Crippen molar-refractivity contribution in [2.24, 2.45) is 30.2 Å². The maximum absolute atomic E-state index is 14.1. The Hall–Kier alpha value is -2.44. The first-order chi connectivity index (χ1) is 15.1. The fraction of sp³-hybridized carbons (Fsp3) is 0.640. The quantitative estimate of drug-likeness (QED) is 0.730. The molecule has 3 heterocycles. The minimum absolute atomic E-state index is 0.00776. The molecule has 7 heteroatoms. The number of hydrogen-bond donors (Lipinski definition) is 0. The zero-order valence-corrected chi connectivity index (χ0v) is 19.5. The van der Waals surface area contributed by atoms with Crippen LogP contribution in [0.15, 0.2) is 23.0 Å². The van der Waals surface area contributed by atoms with Crippen molar-refractivity contribution < 1.29 is 9.18 Å². The number of amides is 1. The van der Waals surface area contributed by atoms with Crippen LogP contribution in [0.1, 0.15) is 52.1 Å². The van der Waals surface area contributed by atoms with Crippen LogP contribution in [0.5, 0.6) is 0 Å². The van der Waals surface area contributed by atoms with E-state index in [1.54, 1.807) is 11.6 Å². The van der Waals surface area contributed by atoms with Crippen molar-refractivity contribution in [2.45, 2.75) is 59.2 Å². The van der Waals surface area contributed by atoms with E-state index in [0.717, 1.165) is 24.1 Å². The molecule has 32 heavy (non-hydrogen) atoms. The topological polar surface area (TPSA) is 60.1 Å². The predicted octanol–water partition coefficient (Wildman–Crippen LogP) is 3.78. The molecule has 4 unspecified atom stereocenters. The molecule has 0 radical (unpaired) electrons. The molecule has 1 saturated heterocycles. The number of fused-ring (bicyclic) bond motifs is 2. The summed E-state index contributed by atoms with van der Waals surface area (Å²) in [5.41, 5.74) is 3.63. The Morgan fingerprint density at radius 1 is 1.22 bits per heavy atom. The fourth-order valence-corrected chi connectivity index (χ4v) is 5.79. The summed E-state index contributed by atoms with van der Waals surface area (Å²) in [5.74, 6) is 0.259. The maximum atomic E-state index is 14.1. The van der Waals surface area contributed by atoms with Gasteiger partial charge in [-0.15, -0.1) is 0 Å². The lowest BCUT2D eigenvalue weighted by atomic mass is 9.97. The minimum atomic E-state index is -0.970. The molecular weight excluding hydrogens is 407 g/mol. The number of carbonyl (C=O) groups excluding carboxylic acids is 1. The third-order valence-corrected chi connectivity index (χ3v) is 7.39. The summed E-state index contributed by atoms with van der Waals surface area (Å²) in [5, 5.41) is 0.